The highest BCUT2D eigenvalue weighted by Crippen LogP contribution is 2.05. The van der Waals surface area contributed by atoms with Crippen LogP contribution in [-0.2, 0) is 11.2 Å². The molecule has 1 aromatic rings. The van der Waals surface area contributed by atoms with Crippen LogP contribution in [0.2, 0.25) is 0 Å². The first-order valence-electron chi connectivity index (χ1n) is 4.33. The van der Waals surface area contributed by atoms with Gasteiger partial charge < -0.3 is 4.74 Å². The maximum absolute atomic E-state index is 8.63. The van der Waals surface area contributed by atoms with Crippen LogP contribution < -0.4 is 0 Å². The Hall–Kier alpha value is -1.33. The molecule has 0 saturated carbocycles. The number of benzene rings is 1. The molecular weight excluding hydrogens is 162 g/mol. The first-order chi connectivity index (χ1) is 6.36. The Morgan fingerprint density at radius 2 is 2.08 bits per heavy atom. The predicted molar refractivity (Wildman–Crippen MR) is 51.2 cm³/mol. The Labute approximate surface area is 78.8 Å². The molecule has 0 amide bonds. The van der Waals surface area contributed by atoms with Crippen molar-refractivity contribution in [2.24, 2.45) is 0 Å². The summed E-state index contributed by atoms with van der Waals surface area (Å²) in [6, 6.07) is 12.2. The third kappa shape index (κ3) is 3.27. The summed E-state index contributed by atoms with van der Waals surface area (Å²) in [6.45, 7) is 0. The number of nitrogens with zero attached hydrogens (tertiary/aromatic N) is 1. The SMILES string of the molecule is CO[C@H](C#N)CCc1ccccc1. The maximum atomic E-state index is 8.63. The number of nitriles is 1. The highest BCUT2D eigenvalue weighted by Gasteiger charge is 2.04. The smallest absolute Gasteiger partial charge is 0.143 e. The zero-order chi connectivity index (χ0) is 9.52. The summed E-state index contributed by atoms with van der Waals surface area (Å²) in [5.74, 6) is 0. The standard InChI is InChI=1S/C11H13NO/c1-13-11(9-12)8-7-10-5-3-2-4-6-10/h2-6,11H,7-8H2,1H3/t11-/m0/s1. The van der Waals surface area contributed by atoms with Crippen LogP contribution in [0.25, 0.3) is 0 Å². The summed E-state index contributed by atoms with van der Waals surface area (Å²) in [5, 5.41) is 8.63. The Kier molecular flexibility index (Phi) is 4.01. The molecule has 0 spiro atoms. The molecule has 0 saturated heterocycles. The van der Waals surface area contributed by atoms with Crippen molar-refractivity contribution < 1.29 is 4.74 Å². The van der Waals surface area contributed by atoms with Gasteiger partial charge in [0.25, 0.3) is 0 Å². The van der Waals surface area contributed by atoms with Gasteiger partial charge in [0.05, 0.1) is 6.07 Å². The van der Waals surface area contributed by atoms with Crippen LogP contribution in [0.3, 0.4) is 0 Å². The third-order valence-electron chi connectivity index (χ3n) is 1.97. The lowest BCUT2D eigenvalue weighted by Gasteiger charge is -2.05. The molecule has 0 heterocycles. The molecule has 0 aromatic heterocycles. The number of rotatable bonds is 4. The van der Waals surface area contributed by atoms with E-state index in [1.807, 2.05) is 18.2 Å². The van der Waals surface area contributed by atoms with E-state index in [9.17, 15) is 0 Å². The average molecular weight is 175 g/mol. The van der Waals surface area contributed by atoms with Crippen molar-refractivity contribution in [1.29, 1.82) is 5.26 Å². The van der Waals surface area contributed by atoms with Crippen molar-refractivity contribution in [2.75, 3.05) is 7.11 Å². The second kappa shape index (κ2) is 5.34. The normalized spacial score (nSPS) is 12.0. The highest BCUT2D eigenvalue weighted by molar-refractivity contribution is 5.15. The van der Waals surface area contributed by atoms with Crippen LogP contribution in [0.15, 0.2) is 30.3 Å². The molecule has 1 rings (SSSR count). The third-order valence-corrected chi connectivity index (χ3v) is 1.97. The van der Waals surface area contributed by atoms with E-state index in [4.69, 9.17) is 10.00 Å². The van der Waals surface area contributed by atoms with E-state index in [1.165, 1.54) is 5.56 Å². The first-order valence-corrected chi connectivity index (χ1v) is 4.33. The zero-order valence-corrected chi connectivity index (χ0v) is 7.73. The largest absolute Gasteiger partial charge is 0.367 e. The van der Waals surface area contributed by atoms with E-state index >= 15 is 0 Å². The molecule has 0 bridgehead atoms. The lowest BCUT2D eigenvalue weighted by molar-refractivity contribution is 0.139. The maximum Gasteiger partial charge on any atom is 0.143 e. The summed E-state index contributed by atoms with van der Waals surface area (Å²) in [6.07, 6.45) is 1.38. The second-order valence-corrected chi connectivity index (χ2v) is 2.88. The van der Waals surface area contributed by atoms with Gasteiger partial charge in [0.15, 0.2) is 0 Å². The van der Waals surface area contributed by atoms with Crippen molar-refractivity contribution in [3.63, 3.8) is 0 Å². The van der Waals surface area contributed by atoms with Crippen LogP contribution in [0.5, 0.6) is 0 Å². The van der Waals surface area contributed by atoms with Gasteiger partial charge in [-0.3, -0.25) is 0 Å². The van der Waals surface area contributed by atoms with Crippen molar-refractivity contribution in [3.05, 3.63) is 35.9 Å². The zero-order valence-electron chi connectivity index (χ0n) is 7.73. The van der Waals surface area contributed by atoms with E-state index in [0.717, 1.165) is 12.8 Å². The fraction of sp³-hybridized carbons (Fsp3) is 0.364. The van der Waals surface area contributed by atoms with Crippen molar-refractivity contribution >= 4 is 0 Å². The molecule has 2 heteroatoms. The lowest BCUT2D eigenvalue weighted by atomic mass is 10.1. The molecule has 0 radical (unpaired) electrons. The second-order valence-electron chi connectivity index (χ2n) is 2.88. The number of hydrogen-bond donors (Lipinski definition) is 0. The molecule has 1 aromatic carbocycles. The molecule has 1 atom stereocenters. The number of hydrogen-bond acceptors (Lipinski definition) is 2. The van der Waals surface area contributed by atoms with Gasteiger partial charge in [-0.25, -0.2) is 0 Å². The first kappa shape index (κ1) is 9.76. The van der Waals surface area contributed by atoms with Crippen LogP contribution in [0, 0.1) is 11.3 Å². The molecule has 2 nitrogen and oxygen atoms in total. The minimum atomic E-state index is -0.278. The van der Waals surface area contributed by atoms with Crippen LogP contribution >= 0.6 is 0 Å². The number of ether oxygens (including phenoxy) is 1. The summed E-state index contributed by atoms with van der Waals surface area (Å²) >= 11 is 0. The van der Waals surface area contributed by atoms with E-state index in [-0.39, 0.29) is 6.10 Å². The Bertz CT molecular complexity index is 276. The molecule has 0 unspecified atom stereocenters. The molecule has 0 aliphatic rings. The van der Waals surface area contributed by atoms with Gasteiger partial charge in [0.1, 0.15) is 6.10 Å². The predicted octanol–water partition coefficient (Wildman–Crippen LogP) is 2.16. The molecule has 68 valence electrons. The minimum Gasteiger partial charge on any atom is -0.367 e. The molecular formula is C11H13NO. The van der Waals surface area contributed by atoms with Crippen LogP contribution in [0.1, 0.15) is 12.0 Å². The molecule has 0 N–H and O–H groups in total. The summed E-state index contributed by atoms with van der Waals surface area (Å²) in [5.41, 5.74) is 1.25. The van der Waals surface area contributed by atoms with Crippen LogP contribution in [-0.4, -0.2) is 13.2 Å². The van der Waals surface area contributed by atoms with E-state index in [2.05, 4.69) is 18.2 Å². The molecule has 0 aliphatic carbocycles. The lowest BCUT2D eigenvalue weighted by Crippen LogP contribution is -2.08. The van der Waals surface area contributed by atoms with E-state index in [1.54, 1.807) is 7.11 Å². The number of methoxy groups -OCH3 is 1. The van der Waals surface area contributed by atoms with E-state index < -0.39 is 0 Å². The van der Waals surface area contributed by atoms with Gasteiger partial charge in [-0.05, 0) is 18.4 Å². The summed E-state index contributed by atoms with van der Waals surface area (Å²) in [7, 11) is 1.57. The Morgan fingerprint density at radius 1 is 1.38 bits per heavy atom. The van der Waals surface area contributed by atoms with Gasteiger partial charge in [0.2, 0.25) is 0 Å². The highest BCUT2D eigenvalue weighted by atomic mass is 16.5. The molecule has 0 aliphatic heterocycles. The van der Waals surface area contributed by atoms with Gasteiger partial charge in [0, 0.05) is 7.11 Å². The minimum absolute atomic E-state index is 0.278. The topological polar surface area (TPSA) is 33.0 Å². The number of aryl methyl sites for hydroxylation is 1. The summed E-state index contributed by atoms with van der Waals surface area (Å²) < 4.78 is 4.96. The van der Waals surface area contributed by atoms with Crippen LogP contribution in [0.4, 0.5) is 0 Å². The van der Waals surface area contributed by atoms with Gasteiger partial charge >= 0.3 is 0 Å². The average Bonchev–Trinajstić information content (AvgIpc) is 2.21. The van der Waals surface area contributed by atoms with Crippen molar-refractivity contribution in [3.8, 4) is 6.07 Å². The molecule has 13 heavy (non-hydrogen) atoms. The fourth-order valence-corrected chi connectivity index (χ4v) is 1.18. The van der Waals surface area contributed by atoms with Crippen molar-refractivity contribution in [1.82, 2.24) is 0 Å². The van der Waals surface area contributed by atoms with Gasteiger partial charge in [-0.1, -0.05) is 30.3 Å². The van der Waals surface area contributed by atoms with Gasteiger partial charge in [-0.15, -0.1) is 0 Å². The summed E-state index contributed by atoms with van der Waals surface area (Å²) in [4.78, 5) is 0. The quantitative estimate of drug-likeness (QED) is 0.702. The monoisotopic (exact) mass is 175 g/mol. The molecule has 0 fully saturated rings. The van der Waals surface area contributed by atoms with Crippen molar-refractivity contribution in [2.45, 2.75) is 18.9 Å². The Balaban J connectivity index is 2.40. The van der Waals surface area contributed by atoms with Gasteiger partial charge in [-0.2, -0.15) is 5.26 Å². The van der Waals surface area contributed by atoms with E-state index in [0.29, 0.717) is 0 Å². The fourth-order valence-electron chi connectivity index (χ4n) is 1.18. The Morgan fingerprint density at radius 3 is 2.62 bits per heavy atom.